The lowest BCUT2D eigenvalue weighted by atomic mass is 10.1. The Morgan fingerprint density at radius 3 is 1.88 bits per heavy atom. The lowest BCUT2D eigenvalue weighted by molar-refractivity contribution is 0.133. The van der Waals surface area contributed by atoms with Gasteiger partial charge in [-0.25, -0.2) is 0 Å². The van der Waals surface area contributed by atoms with Gasteiger partial charge in [0.2, 0.25) is 0 Å². The van der Waals surface area contributed by atoms with Gasteiger partial charge in [-0.05, 0) is 35.6 Å². The summed E-state index contributed by atoms with van der Waals surface area (Å²) in [6, 6.07) is 16.9. The van der Waals surface area contributed by atoms with E-state index in [0.717, 1.165) is 32.1 Å². The lowest BCUT2D eigenvalue weighted by Crippen LogP contribution is -2.36. The molecule has 4 nitrogen and oxygen atoms in total. The average Bonchev–Trinajstić information content (AvgIpc) is 2.67. The van der Waals surface area contributed by atoms with Crippen LogP contribution in [0, 0.1) is 0 Å². The molecule has 0 aliphatic rings. The monoisotopic (exact) mass is 339 g/mol. The van der Waals surface area contributed by atoms with Gasteiger partial charge in [0.05, 0.1) is 6.61 Å². The summed E-state index contributed by atoms with van der Waals surface area (Å²) in [5, 5.41) is 6.79. The second kappa shape index (κ2) is 10.5. The van der Waals surface area contributed by atoms with Gasteiger partial charge in [0, 0.05) is 26.7 Å². The first-order chi connectivity index (χ1) is 12.3. The van der Waals surface area contributed by atoms with Crippen LogP contribution in [0.2, 0.25) is 0 Å². The number of hydrogen-bond donors (Lipinski definition) is 2. The van der Waals surface area contributed by atoms with Crippen LogP contribution < -0.4 is 10.6 Å². The van der Waals surface area contributed by atoms with Crippen LogP contribution in [-0.2, 0) is 30.9 Å². The van der Waals surface area contributed by atoms with E-state index in [1.54, 1.807) is 7.05 Å². The van der Waals surface area contributed by atoms with Gasteiger partial charge in [-0.15, -0.1) is 0 Å². The van der Waals surface area contributed by atoms with Gasteiger partial charge >= 0.3 is 0 Å². The lowest BCUT2D eigenvalue weighted by Gasteiger charge is -2.15. The predicted octanol–water partition coefficient (Wildman–Crippen LogP) is 3.65. The minimum Gasteiger partial charge on any atom is -0.377 e. The third-order valence-electron chi connectivity index (χ3n) is 4.20. The number of aryl methyl sites for hydroxylation is 1. The quantitative estimate of drug-likeness (QED) is 0.570. The number of rotatable bonds is 8. The molecule has 0 radical (unpaired) electrons. The molecule has 0 fully saturated rings. The van der Waals surface area contributed by atoms with Crippen molar-refractivity contribution in [3.05, 3.63) is 70.8 Å². The summed E-state index contributed by atoms with van der Waals surface area (Å²) < 4.78 is 5.55. The highest BCUT2D eigenvalue weighted by Crippen LogP contribution is 2.11. The fourth-order valence-corrected chi connectivity index (χ4v) is 2.74. The smallest absolute Gasteiger partial charge is 0.191 e. The van der Waals surface area contributed by atoms with Crippen LogP contribution in [0.1, 0.15) is 36.1 Å². The van der Waals surface area contributed by atoms with Gasteiger partial charge < -0.3 is 15.4 Å². The molecule has 0 spiro atoms. The maximum Gasteiger partial charge on any atom is 0.191 e. The Labute approximate surface area is 151 Å². The van der Waals surface area contributed by atoms with Crippen LogP contribution in [-0.4, -0.2) is 19.6 Å². The molecule has 0 saturated heterocycles. The highest BCUT2D eigenvalue weighted by Gasteiger charge is 2.05. The third-order valence-corrected chi connectivity index (χ3v) is 4.20. The van der Waals surface area contributed by atoms with Crippen molar-refractivity contribution in [2.45, 2.75) is 40.0 Å². The molecule has 0 saturated carbocycles. The molecular weight excluding hydrogens is 310 g/mol. The van der Waals surface area contributed by atoms with E-state index in [1.165, 1.54) is 22.3 Å². The molecule has 134 valence electrons. The summed E-state index contributed by atoms with van der Waals surface area (Å²) >= 11 is 0. The van der Waals surface area contributed by atoms with E-state index >= 15 is 0 Å². The number of benzene rings is 2. The number of nitrogens with zero attached hydrogens (tertiary/aromatic N) is 1. The fraction of sp³-hybridized carbons (Fsp3) is 0.381. The predicted molar refractivity (Wildman–Crippen MR) is 105 cm³/mol. The zero-order valence-corrected chi connectivity index (χ0v) is 15.5. The standard InChI is InChI=1S/C21H29N3O/c1-4-17-10-6-7-11-18(17)14-23-21(22-3)24-15-19-12-8-9-13-20(19)16-25-5-2/h6-13H,4-5,14-16H2,1-3H3,(H2,22,23,24). The van der Waals surface area contributed by atoms with E-state index in [1.807, 2.05) is 13.0 Å². The molecule has 25 heavy (non-hydrogen) atoms. The normalized spacial score (nSPS) is 11.4. The van der Waals surface area contributed by atoms with Crippen LogP contribution in [0.3, 0.4) is 0 Å². The Balaban J connectivity index is 1.93. The van der Waals surface area contributed by atoms with E-state index in [9.17, 15) is 0 Å². The summed E-state index contributed by atoms with van der Waals surface area (Å²) in [6.07, 6.45) is 1.04. The second-order valence-corrected chi connectivity index (χ2v) is 5.81. The molecule has 0 unspecified atom stereocenters. The van der Waals surface area contributed by atoms with Crippen molar-refractivity contribution in [2.24, 2.45) is 4.99 Å². The molecule has 0 aromatic heterocycles. The summed E-state index contributed by atoms with van der Waals surface area (Å²) in [4.78, 5) is 4.33. The molecule has 4 heteroatoms. The van der Waals surface area contributed by atoms with Crippen molar-refractivity contribution < 1.29 is 4.74 Å². The molecule has 0 heterocycles. The number of hydrogen-bond acceptors (Lipinski definition) is 2. The SMILES string of the molecule is CCOCc1ccccc1CNC(=NC)NCc1ccccc1CC. The van der Waals surface area contributed by atoms with E-state index in [4.69, 9.17) is 4.74 Å². The van der Waals surface area contributed by atoms with Gasteiger partial charge in [-0.2, -0.15) is 0 Å². The minimum atomic E-state index is 0.643. The van der Waals surface area contributed by atoms with E-state index in [2.05, 4.69) is 65.0 Å². The summed E-state index contributed by atoms with van der Waals surface area (Å²) in [5.41, 5.74) is 5.12. The summed E-state index contributed by atoms with van der Waals surface area (Å²) in [6.45, 7) is 7.05. The van der Waals surface area contributed by atoms with Crippen molar-refractivity contribution in [1.29, 1.82) is 0 Å². The number of guanidine groups is 1. The molecular formula is C21H29N3O. The second-order valence-electron chi connectivity index (χ2n) is 5.81. The van der Waals surface area contributed by atoms with E-state index < -0.39 is 0 Å². The van der Waals surface area contributed by atoms with Gasteiger partial charge in [0.15, 0.2) is 5.96 Å². The van der Waals surface area contributed by atoms with Crippen LogP contribution in [0.4, 0.5) is 0 Å². The van der Waals surface area contributed by atoms with Crippen molar-refractivity contribution in [2.75, 3.05) is 13.7 Å². The van der Waals surface area contributed by atoms with Gasteiger partial charge in [-0.1, -0.05) is 55.5 Å². The first-order valence-electron chi connectivity index (χ1n) is 8.94. The first kappa shape index (κ1) is 19.0. The Morgan fingerprint density at radius 1 is 0.840 bits per heavy atom. The van der Waals surface area contributed by atoms with Gasteiger partial charge in [-0.3, -0.25) is 4.99 Å². The zero-order valence-electron chi connectivity index (χ0n) is 15.5. The van der Waals surface area contributed by atoms with Crippen molar-refractivity contribution in [3.63, 3.8) is 0 Å². The first-order valence-corrected chi connectivity index (χ1v) is 8.94. The molecule has 0 aliphatic heterocycles. The van der Waals surface area contributed by atoms with Gasteiger partial charge in [0.25, 0.3) is 0 Å². The molecule has 0 atom stereocenters. The van der Waals surface area contributed by atoms with Crippen molar-refractivity contribution >= 4 is 5.96 Å². The number of ether oxygens (including phenoxy) is 1. The summed E-state index contributed by atoms with van der Waals surface area (Å²) in [7, 11) is 1.80. The third kappa shape index (κ3) is 5.91. The molecule has 2 rings (SSSR count). The molecule has 2 aromatic carbocycles. The Hall–Kier alpha value is -2.33. The topological polar surface area (TPSA) is 45.6 Å². The molecule has 0 amide bonds. The van der Waals surface area contributed by atoms with E-state index in [0.29, 0.717) is 6.61 Å². The average molecular weight is 339 g/mol. The summed E-state index contributed by atoms with van der Waals surface area (Å²) in [5.74, 6) is 0.803. The number of nitrogens with one attached hydrogen (secondary N) is 2. The van der Waals surface area contributed by atoms with Crippen LogP contribution in [0.5, 0.6) is 0 Å². The largest absolute Gasteiger partial charge is 0.377 e. The maximum atomic E-state index is 5.55. The maximum absolute atomic E-state index is 5.55. The van der Waals surface area contributed by atoms with E-state index in [-0.39, 0.29) is 0 Å². The van der Waals surface area contributed by atoms with Crippen molar-refractivity contribution in [3.8, 4) is 0 Å². The molecule has 0 bridgehead atoms. The highest BCUT2D eigenvalue weighted by molar-refractivity contribution is 5.79. The van der Waals surface area contributed by atoms with Gasteiger partial charge in [0.1, 0.15) is 0 Å². The highest BCUT2D eigenvalue weighted by atomic mass is 16.5. The minimum absolute atomic E-state index is 0.643. The molecule has 2 aromatic rings. The Morgan fingerprint density at radius 2 is 1.36 bits per heavy atom. The fourth-order valence-electron chi connectivity index (χ4n) is 2.74. The Kier molecular flexibility index (Phi) is 7.99. The van der Waals surface area contributed by atoms with Crippen molar-refractivity contribution in [1.82, 2.24) is 10.6 Å². The van der Waals surface area contributed by atoms with Crippen LogP contribution in [0.25, 0.3) is 0 Å². The van der Waals surface area contributed by atoms with Crippen LogP contribution in [0.15, 0.2) is 53.5 Å². The molecule has 2 N–H and O–H groups in total. The Bertz CT molecular complexity index is 682. The van der Waals surface area contributed by atoms with Crippen LogP contribution >= 0.6 is 0 Å². The molecule has 0 aliphatic carbocycles. The number of aliphatic imine (C=N–C) groups is 1. The zero-order chi connectivity index (χ0) is 17.9.